The predicted molar refractivity (Wildman–Crippen MR) is 136 cm³/mol. The molecule has 0 spiro atoms. The van der Waals surface area contributed by atoms with Crippen LogP contribution >= 0.6 is 11.6 Å². The molecule has 1 heterocycles. The van der Waals surface area contributed by atoms with E-state index in [0.717, 1.165) is 47.2 Å². The van der Waals surface area contributed by atoms with Crippen LogP contribution in [-0.4, -0.2) is 18.3 Å². The lowest BCUT2D eigenvalue weighted by atomic mass is 9.79. The van der Waals surface area contributed by atoms with E-state index in [1.54, 1.807) is 0 Å². The Morgan fingerprint density at radius 2 is 1.75 bits per heavy atom. The van der Waals surface area contributed by atoms with E-state index >= 15 is 0 Å². The van der Waals surface area contributed by atoms with Crippen LogP contribution < -0.4 is 9.64 Å². The molecular formula is C28H31ClN2O. The molecule has 3 aromatic rings. The summed E-state index contributed by atoms with van der Waals surface area (Å²) < 4.78 is 5.86. The number of halogens is 1. The third-order valence-corrected chi connectivity index (χ3v) is 6.45. The van der Waals surface area contributed by atoms with Crippen molar-refractivity contribution >= 4 is 29.2 Å². The Morgan fingerprint density at radius 1 is 1.06 bits per heavy atom. The molecule has 0 saturated carbocycles. The van der Waals surface area contributed by atoms with Crippen LogP contribution in [0.25, 0.3) is 0 Å². The van der Waals surface area contributed by atoms with Gasteiger partial charge in [0.1, 0.15) is 11.5 Å². The summed E-state index contributed by atoms with van der Waals surface area (Å²) in [6.07, 6.45) is 4.11. The van der Waals surface area contributed by atoms with Crippen molar-refractivity contribution in [1.29, 1.82) is 0 Å². The van der Waals surface area contributed by atoms with Gasteiger partial charge >= 0.3 is 0 Å². The molecule has 166 valence electrons. The van der Waals surface area contributed by atoms with Gasteiger partial charge in [0.25, 0.3) is 0 Å². The molecule has 4 rings (SSSR count). The summed E-state index contributed by atoms with van der Waals surface area (Å²) in [5.74, 6) is 2.08. The fourth-order valence-electron chi connectivity index (χ4n) is 4.64. The smallest absolute Gasteiger partial charge is 0.127 e. The summed E-state index contributed by atoms with van der Waals surface area (Å²) in [6.45, 7) is 10.2. The van der Waals surface area contributed by atoms with Gasteiger partial charge in [-0.1, -0.05) is 43.6 Å². The Morgan fingerprint density at radius 3 is 2.44 bits per heavy atom. The molecule has 0 aliphatic carbocycles. The molecular weight excluding hydrogens is 416 g/mol. The molecule has 1 aliphatic heterocycles. The first-order valence-corrected chi connectivity index (χ1v) is 11.7. The number of anilines is 1. The first-order valence-electron chi connectivity index (χ1n) is 11.4. The molecule has 32 heavy (non-hydrogen) atoms. The summed E-state index contributed by atoms with van der Waals surface area (Å²) >= 11 is 6.71. The second kappa shape index (κ2) is 9.38. The number of para-hydroxylation sites is 1. The zero-order valence-corrected chi connectivity index (χ0v) is 20.1. The van der Waals surface area contributed by atoms with Crippen LogP contribution in [0.3, 0.4) is 0 Å². The fourth-order valence-corrected chi connectivity index (χ4v) is 4.84. The van der Waals surface area contributed by atoms with E-state index in [1.165, 1.54) is 11.3 Å². The van der Waals surface area contributed by atoms with Gasteiger partial charge < -0.3 is 9.64 Å². The van der Waals surface area contributed by atoms with E-state index in [1.807, 2.05) is 60.8 Å². The number of nitrogens with zero attached hydrogens (tertiary/aromatic N) is 2. The minimum absolute atomic E-state index is 0.130. The molecule has 0 radical (unpaired) electrons. The highest BCUT2D eigenvalue weighted by molar-refractivity contribution is 6.33. The molecule has 0 bridgehead atoms. The van der Waals surface area contributed by atoms with Gasteiger partial charge in [0.15, 0.2) is 0 Å². The van der Waals surface area contributed by atoms with Crippen molar-refractivity contribution in [2.75, 3.05) is 11.4 Å². The Labute approximate surface area is 196 Å². The van der Waals surface area contributed by atoms with Crippen LogP contribution in [0.4, 0.5) is 11.4 Å². The van der Waals surface area contributed by atoms with Crippen LogP contribution in [0.1, 0.15) is 57.6 Å². The van der Waals surface area contributed by atoms with Gasteiger partial charge in [-0.05, 0) is 86.7 Å². The number of hydrogen-bond donors (Lipinski definition) is 0. The Kier molecular flexibility index (Phi) is 6.57. The number of hydrogen-bond acceptors (Lipinski definition) is 3. The molecule has 0 saturated heterocycles. The van der Waals surface area contributed by atoms with Crippen molar-refractivity contribution in [1.82, 2.24) is 0 Å². The molecule has 0 fully saturated rings. The second-order valence-corrected chi connectivity index (χ2v) is 9.58. The summed E-state index contributed by atoms with van der Waals surface area (Å²) in [7, 11) is 0. The van der Waals surface area contributed by atoms with E-state index in [2.05, 4.69) is 49.7 Å². The molecule has 1 unspecified atom stereocenters. The average molecular weight is 447 g/mol. The lowest BCUT2D eigenvalue weighted by molar-refractivity contribution is 0.376. The number of fused-ring (bicyclic) bond motifs is 1. The third-order valence-electron chi connectivity index (χ3n) is 6.12. The van der Waals surface area contributed by atoms with Crippen molar-refractivity contribution in [3.63, 3.8) is 0 Å². The molecule has 0 amide bonds. The highest BCUT2D eigenvalue weighted by atomic mass is 35.5. The summed E-state index contributed by atoms with van der Waals surface area (Å²) in [5.41, 5.74) is 4.57. The van der Waals surface area contributed by atoms with Crippen molar-refractivity contribution < 1.29 is 4.74 Å². The second-order valence-electron chi connectivity index (χ2n) is 9.17. The Balaban J connectivity index is 1.55. The van der Waals surface area contributed by atoms with Crippen molar-refractivity contribution in [3.8, 4) is 11.5 Å². The SMILES string of the molecule is CCCN1c2cc(Cl)c(C=Nc3ccc(Oc4ccccc4)cc3)cc2C(C)CC1(C)C. The first kappa shape index (κ1) is 22.4. The maximum Gasteiger partial charge on any atom is 0.127 e. The number of benzene rings is 3. The van der Waals surface area contributed by atoms with Crippen molar-refractivity contribution in [3.05, 3.63) is 82.9 Å². The molecule has 3 nitrogen and oxygen atoms in total. The van der Waals surface area contributed by atoms with Gasteiger partial charge in [0.05, 0.1) is 10.7 Å². The third kappa shape index (κ3) is 4.83. The van der Waals surface area contributed by atoms with Gasteiger partial charge in [-0.15, -0.1) is 0 Å². The maximum absolute atomic E-state index is 6.71. The van der Waals surface area contributed by atoms with Crippen LogP contribution in [0.2, 0.25) is 5.02 Å². The molecule has 4 heteroatoms. The average Bonchev–Trinajstić information content (AvgIpc) is 2.77. The Hall–Kier alpha value is -2.78. The topological polar surface area (TPSA) is 24.8 Å². The van der Waals surface area contributed by atoms with E-state index in [0.29, 0.717) is 5.92 Å². The monoisotopic (exact) mass is 446 g/mol. The molecule has 3 aromatic carbocycles. The summed E-state index contributed by atoms with van der Waals surface area (Å²) in [5, 5.41) is 0.738. The standard InChI is InChI=1S/C28H31ClN2O/c1-5-15-31-27-17-26(29)21(16-25(27)20(2)18-28(31,3)4)19-30-22-11-13-24(14-12-22)32-23-9-7-6-8-10-23/h6-14,16-17,19-20H,5,15,18H2,1-4H3. The lowest BCUT2D eigenvalue weighted by Gasteiger charge is -2.47. The summed E-state index contributed by atoms with van der Waals surface area (Å²) in [4.78, 5) is 7.18. The van der Waals surface area contributed by atoms with Gasteiger partial charge in [-0.3, -0.25) is 4.99 Å². The quantitative estimate of drug-likeness (QED) is 0.355. The first-order chi connectivity index (χ1) is 15.4. The number of rotatable bonds is 6. The molecule has 1 aliphatic rings. The zero-order chi connectivity index (χ0) is 22.7. The van der Waals surface area contributed by atoms with E-state index in [9.17, 15) is 0 Å². The Bertz CT molecular complexity index is 1090. The van der Waals surface area contributed by atoms with E-state index in [4.69, 9.17) is 16.3 Å². The van der Waals surface area contributed by atoms with Crippen molar-refractivity contribution in [2.24, 2.45) is 4.99 Å². The lowest BCUT2D eigenvalue weighted by Crippen LogP contribution is -2.48. The van der Waals surface area contributed by atoms with Gasteiger partial charge in [0, 0.05) is 29.5 Å². The van der Waals surface area contributed by atoms with Gasteiger partial charge in [-0.25, -0.2) is 0 Å². The molecule has 0 N–H and O–H groups in total. The number of ether oxygens (including phenoxy) is 1. The fraction of sp³-hybridized carbons (Fsp3) is 0.321. The highest BCUT2D eigenvalue weighted by Crippen LogP contribution is 2.45. The van der Waals surface area contributed by atoms with E-state index in [-0.39, 0.29) is 5.54 Å². The summed E-state index contributed by atoms with van der Waals surface area (Å²) in [6, 6.07) is 21.9. The van der Waals surface area contributed by atoms with E-state index < -0.39 is 0 Å². The predicted octanol–water partition coefficient (Wildman–Crippen LogP) is 8.39. The van der Waals surface area contributed by atoms with Crippen molar-refractivity contribution in [2.45, 2.75) is 52.0 Å². The van der Waals surface area contributed by atoms with Crippen LogP contribution in [0, 0.1) is 0 Å². The van der Waals surface area contributed by atoms with Gasteiger partial charge in [0.2, 0.25) is 0 Å². The van der Waals surface area contributed by atoms with Crippen LogP contribution in [-0.2, 0) is 0 Å². The molecule has 0 aromatic heterocycles. The van der Waals surface area contributed by atoms with Gasteiger partial charge in [-0.2, -0.15) is 0 Å². The van der Waals surface area contributed by atoms with Crippen LogP contribution in [0.5, 0.6) is 11.5 Å². The van der Waals surface area contributed by atoms with Crippen LogP contribution in [0.15, 0.2) is 71.7 Å². The largest absolute Gasteiger partial charge is 0.457 e. The number of aliphatic imine (C=N–C) groups is 1. The maximum atomic E-state index is 6.71. The zero-order valence-electron chi connectivity index (χ0n) is 19.3. The highest BCUT2D eigenvalue weighted by Gasteiger charge is 2.36. The minimum atomic E-state index is 0.130. The minimum Gasteiger partial charge on any atom is -0.457 e. The molecule has 1 atom stereocenters. The normalized spacial score (nSPS) is 17.4.